The number of nitrogens with zero attached hydrogens (tertiary/aromatic N) is 1. The second-order valence-electron chi connectivity index (χ2n) is 11.2. The van der Waals surface area contributed by atoms with Gasteiger partial charge in [0.1, 0.15) is 11.8 Å². The van der Waals surface area contributed by atoms with E-state index >= 15 is 0 Å². The molecule has 0 aliphatic heterocycles. The summed E-state index contributed by atoms with van der Waals surface area (Å²) in [5.74, 6) is 0.201. The van der Waals surface area contributed by atoms with Crippen LogP contribution in [-0.2, 0) is 22.4 Å². The third-order valence-electron chi connectivity index (χ3n) is 7.36. The van der Waals surface area contributed by atoms with E-state index in [-0.39, 0.29) is 36.8 Å². The number of nitrogens with one attached hydrogen (secondary N) is 3. The lowest BCUT2D eigenvalue weighted by Gasteiger charge is -2.25. The van der Waals surface area contributed by atoms with Crippen LogP contribution in [-0.4, -0.2) is 52.2 Å². The molecule has 0 spiro atoms. The van der Waals surface area contributed by atoms with Crippen molar-refractivity contribution >= 4 is 22.6 Å². The molecule has 4 aromatic rings. The van der Waals surface area contributed by atoms with Crippen LogP contribution in [0.25, 0.3) is 10.8 Å². The largest absolute Gasteiger partial charge is 0.494 e. The second-order valence-corrected chi connectivity index (χ2v) is 11.2. The molecule has 0 aliphatic rings. The van der Waals surface area contributed by atoms with E-state index in [1.807, 2.05) is 62.4 Å². The number of amides is 2. The lowest BCUT2D eigenvalue weighted by molar-refractivity contribution is -0.131. The molecule has 1 unspecified atom stereocenters. The number of hydrogen-bond donors (Lipinski definition) is 4. The maximum absolute atomic E-state index is 13.9. The Bertz CT molecular complexity index is 1390. The van der Waals surface area contributed by atoms with Crippen LogP contribution in [0.2, 0.25) is 0 Å². The van der Waals surface area contributed by atoms with E-state index in [2.05, 4.69) is 44.9 Å². The first-order valence-electron chi connectivity index (χ1n) is 14.8. The summed E-state index contributed by atoms with van der Waals surface area (Å²) in [5, 5.41) is 18.1. The lowest BCUT2D eigenvalue weighted by atomic mass is 9.90. The van der Waals surface area contributed by atoms with Crippen molar-refractivity contribution in [3.05, 3.63) is 96.6 Å². The Hall–Kier alpha value is -4.17. The Morgan fingerprint density at radius 2 is 1.69 bits per heavy atom. The highest BCUT2D eigenvalue weighted by molar-refractivity contribution is 5.90. The molecule has 2 amide bonds. The maximum Gasteiger partial charge on any atom is 0.243 e. The van der Waals surface area contributed by atoms with Crippen LogP contribution in [0.15, 0.2) is 85.3 Å². The zero-order valence-electron chi connectivity index (χ0n) is 24.5. The zero-order chi connectivity index (χ0) is 29.7. The highest BCUT2D eigenvalue weighted by Crippen LogP contribution is 2.24. The molecule has 1 aromatic heterocycles. The van der Waals surface area contributed by atoms with Crippen molar-refractivity contribution in [2.24, 2.45) is 11.8 Å². The predicted molar refractivity (Wildman–Crippen MR) is 165 cm³/mol. The summed E-state index contributed by atoms with van der Waals surface area (Å²) in [5.41, 5.74) is 1.82. The van der Waals surface area contributed by atoms with Gasteiger partial charge in [0.2, 0.25) is 11.8 Å². The Morgan fingerprint density at radius 3 is 2.43 bits per heavy atom. The molecule has 0 fully saturated rings. The quantitative estimate of drug-likeness (QED) is 0.144. The Balaban J connectivity index is 1.51. The summed E-state index contributed by atoms with van der Waals surface area (Å²) in [6.07, 6.45) is 5.90. The SMILES string of the molecule is CC(C)C[C@@H](CO)NC(=O)[C@H](Cc1cnc[nH]1)NC(=O)C(CCCOc1ccccc1)Cc1cccc2ccccc12. The monoisotopic (exact) mass is 570 g/mol. The number of H-pyrrole nitrogens is 1. The van der Waals surface area contributed by atoms with Crippen molar-refractivity contribution in [2.75, 3.05) is 13.2 Å². The minimum Gasteiger partial charge on any atom is -0.494 e. The van der Waals surface area contributed by atoms with Gasteiger partial charge in [-0.25, -0.2) is 4.98 Å². The summed E-state index contributed by atoms with van der Waals surface area (Å²) >= 11 is 0. The molecule has 4 rings (SSSR count). The number of rotatable bonds is 16. The Labute approximate surface area is 247 Å². The fourth-order valence-electron chi connectivity index (χ4n) is 5.26. The first kappa shape index (κ1) is 30.8. The van der Waals surface area contributed by atoms with Gasteiger partial charge in [0.25, 0.3) is 0 Å². The molecule has 0 aliphatic carbocycles. The summed E-state index contributed by atoms with van der Waals surface area (Å²) in [6.45, 7) is 4.39. The molecule has 222 valence electrons. The fourth-order valence-corrected chi connectivity index (χ4v) is 5.26. The first-order chi connectivity index (χ1) is 20.4. The molecule has 3 aromatic carbocycles. The number of hydrogen-bond acceptors (Lipinski definition) is 5. The van der Waals surface area contributed by atoms with Gasteiger partial charge in [-0.2, -0.15) is 0 Å². The van der Waals surface area contributed by atoms with E-state index in [1.54, 1.807) is 12.5 Å². The van der Waals surface area contributed by atoms with E-state index in [9.17, 15) is 14.7 Å². The summed E-state index contributed by atoms with van der Waals surface area (Å²) in [4.78, 5) is 34.5. The molecular weight excluding hydrogens is 528 g/mol. The summed E-state index contributed by atoms with van der Waals surface area (Å²) in [6, 6.07) is 22.7. The van der Waals surface area contributed by atoms with Crippen LogP contribution in [0.5, 0.6) is 5.75 Å². The average Bonchev–Trinajstić information content (AvgIpc) is 3.51. The first-order valence-corrected chi connectivity index (χ1v) is 14.8. The normalized spacial score (nSPS) is 13.4. The Kier molecular flexibility index (Phi) is 11.5. The number of aliphatic hydroxyl groups excluding tert-OH is 1. The summed E-state index contributed by atoms with van der Waals surface area (Å²) < 4.78 is 5.90. The van der Waals surface area contributed by atoms with Crippen molar-refractivity contribution < 1.29 is 19.4 Å². The summed E-state index contributed by atoms with van der Waals surface area (Å²) in [7, 11) is 0. The van der Waals surface area contributed by atoms with Crippen LogP contribution in [0.1, 0.15) is 44.4 Å². The number of aliphatic hydroxyl groups is 1. The van der Waals surface area contributed by atoms with Gasteiger partial charge in [-0.1, -0.05) is 74.5 Å². The number of aromatic amines is 1. The van der Waals surface area contributed by atoms with Crippen LogP contribution >= 0.6 is 0 Å². The fraction of sp³-hybridized carbons (Fsp3) is 0.382. The van der Waals surface area contributed by atoms with Gasteiger partial charge in [0.15, 0.2) is 0 Å². The average molecular weight is 571 g/mol. The van der Waals surface area contributed by atoms with Gasteiger partial charge >= 0.3 is 0 Å². The van der Waals surface area contributed by atoms with Crippen molar-refractivity contribution in [3.63, 3.8) is 0 Å². The number of carbonyl (C=O) groups is 2. The van der Waals surface area contributed by atoms with Crippen molar-refractivity contribution in [1.82, 2.24) is 20.6 Å². The van der Waals surface area contributed by atoms with E-state index in [1.165, 1.54) is 0 Å². The molecule has 8 heteroatoms. The number of para-hydroxylation sites is 1. The maximum atomic E-state index is 13.9. The molecule has 42 heavy (non-hydrogen) atoms. The number of carbonyl (C=O) groups excluding carboxylic acids is 2. The van der Waals surface area contributed by atoms with Crippen LogP contribution in [0, 0.1) is 11.8 Å². The zero-order valence-corrected chi connectivity index (χ0v) is 24.5. The van der Waals surface area contributed by atoms with E-state index in [0.717, 1.165) is 27.8 Å². The topological polar surface area (TPSA) is 116 Å². The van der Waals surface area contributed by atoms with Gasteiger partial charge in [-0.15, -0.1) is 0 Å². The van der Waals surface area contributed by atoms with Crippen LogP contribution in [0.3, 0.4) is 0 Å². The third-order valence-corrected chi connectivity index (χ3v) is 7.36. The Morgan fingerprint density at radius 1 is 0.929 bits per heavy atom. The molecule has 8 nitrogen and oxygen atoms in total. The number of aromatic nitrogens is 2. The highest BCUT2D eigenvalue weighted by Gasteiger charge is 2.28. The molecule has 4 N–H and O–H groups in total. The predicted octanol–water partition coefficient (Wildman–Crippen LogP) is 4.83. The standard InChI is InChI=1S/C34H42N4O4/c1-24(2)18-29(22-39)37-34(41)32(20-28-21-35-23-36-28)38-33(40)27(13-9-17-42-30-14-4-3-5-15-30)19-26-12-8-11-25-10-6-7-16-31(25)26/h3-8,10-12,14-16,21,23-24,27,29,32,39H,9,13,17-20,22H2,1-2H3,(H,35,36)(H,37,41)(H,38,40)/t27?,29-,32-/m0/s1. The van der Waals surface area contributed by atoms with Gasteiger partial charge in [0.05, 0.1) is 25.6 Å². The van der Waals surface area contributed by atoms with E-state index in [0.29, 0.717) is 38.2 Å². The van der Waals surface area contributed by atoms with Crippen LogP contribution in [0.4, 0.5) is 0 Å². The number of benzene rings is 3. The number of fused-ring (bicyclic) bond motifs is 1. The van der Waals surface area contributed by atoms with Gasteiger partial charge < -0.3 is 25.5 Å². The van der Waals surface area contributed by atoms with Crippen molar-refractivity contribution in [3.8, 4) is 5.75 Å². The molecule has 0 radical (unpaired) electrons. The molecule has 1 heterocycles. The molecular formula is C34H42N4O4. The minimum atomic E-state index is -0.824. The lowest BCUT2D eigenvalue weighted by Crippen LogP contribution is -2.53. The highest BCUT2D eigenvalue weighted by atomic mass is 16.5. The minimum absolute atomic E-state index is 0.167. The molecule has 0 saturated heterocycles. The smallest absolute Gasteiger partial charge is 0.243 e. The van der Waals surface area contributed by atoms with Gasteiger partial charge in [-0.05, 0) is 60.1 Å². The van der Waals surface area contributed by atoms with Crippen molar-refractivity contribution in [1.29, 1.82) is 0 Å². The number of imidazole rings is 1. The second kappa shape index (κ2) is 15.7. The molecule has 3 atom stereocenters. The molecule has 0 bridgehead atoms. The van der Waals surface area contributed by atoms with Gasteiger partial charge in [-0.3, -0.25) is 9.59 Å². The van der Waals surface area contributed by atoms with Crippen molar-refractivity contribution in [2.45, 2.75) is 58.0 Å². The van der Waals surface area contributed by atoms with Crippen LogP contribution < -0.4 is 15.4 Å². The van der Waals surface area contributed by atoms with E-state index < -0.39 is 6.04 Å². The van der Waals surface area contributed by atoms with Gasteiger partial charge in [0, 0.05) is 24.2 Å². The van der Waals surface area contributed by atoms with E-state index in [4.69, 9.17) is 4.74 Å². The third kappa shape index (κ3) is 9.17. The number of ether oxygens (including phenoxy) is 1. The molecule has 0 saturated carbocycles.